The van der Waals surface area contributed by atoms with Crippen molar-refractivity contribution in [3.63, 3.8) is 0 Å². The first kappa shape index (κ1) is 8.93. The Bertz CT molecular complexity index is 205. The van der Waals surface area contributed by atoms with E-state index < -0.39 is 12.3 Å². The van der Waals surface area contributed by atoms with E-state index in [-0.39, 0.29) is 12.2 Å². The highest BCUT2D eigenvalue weighted by atomic mass is 16.7. The number of ether oxygens (including phenoxy) is 4. The first-order chi connectivity index (χ1) is 6.31. The lowest BCUT2D eigenvalue weighted by Gasteiger charge is -2.29. The fourth-order valence-corrected chi connectivity index (χ4v) is 1.54. The molecule has 5 nitrogen and oxygen atoms in total. The third-order valence-electron chi connectivity index (χ3n) is 2.25. The maximum absolute atomic E-state index is 11.0. The minimum absolute atomic E-state index is 0.0130. The van der Waals surface area contributed by atoms with Gasteiger partial charge in [-0.3, -0.25) is 0 Å². The van der Waals surface area contributed by atoms with E-state index in [1.165, 1.54) is 7.11 Å². The minimum Gasteiger partial charge on any atom is -0.465 e. The summed E-state index contributed by atoms with van der Waals surface area (Å²) in [6.45, 7) is 1.08. The van der Waals surface area contributed by atoms with Gasteiger partial charge in [-0.25, -0.2) is 4.79 Å². The Balaban J connectivity index is 1.93. The molecule has 2 aliphatic heterocycles. The summed E-state index contributed by atoms with van der Waals surface area (Å²) in [6, 6.07) is 0. The second kappa shape index (κ2) is 3.61. The van der Waals surface area contributed by atoms with Crippen molar-refractivity contribution in [1.82, 2.24) is 0 Å². The van der Waals surface area contributed by atoms with E-state index in [1.54, 1.807) is 0 Å². The van der Waals surface area contributed by atoms with Crippen molar-refractivity contribution in [3.05, 3.63) is 0 Å². The number of carbonyl (C=O) groups is 1. The standard InChI is InChI=1S/C8H12O5/c1-10-7(9)8-12-4-6-5(13-8)2-3-11-6/h5-6,8H,2-4H2,1H3/t5-,6-,8+/m1/s1. The van der Waals surface area contributed by atoms with Crippen LogP contribution >= 0.6 is 0 Å². The number of carbonyl (C=O) groups excluding carboxylic acids is 1. The molecule has 0 saturated carbocycles. The van der Waals surface area contributed by atoms with E-state index >= 15 is 0 Å². The Kier molecular flexibility index (Phi) is 2.48. The van der Waals surface area contributed by atoms with Crippen LogP contribution < -0.4 is 0 Å². The third-order valence-corrected chi connectivity index (χ3v) is 2.25. The van der Waals surface area contributed by atoms with Gasteiger partial charge in [0, 0.05) is 6.61 Å². The molecular formula is C8H12O5. The molecule has 5 heteroatoms. The van der Waals surface area contributed by atoms with Crippen LogP contribution in [0.4, 0.5) is 0 Å². The molecule has 0 N–H and O–H groups in total. The Hall–Kier alpha value is -0.650. The largest absolute Gasteiger partial charge is 0.465 e. The van der Waals surface area contributed by atoms with Gasteiger partial charge in [0.15, 0.2) is 0 Å². The lowest BCUT2D eigenvalue weighted by atomic mass is 10.2. The second-order valence-electron chi connectivity index (χ2n) is 3.06. The number of fused-ring (bicyclic) bond motifs is 1. The predicted octanol–water partition coefficient (Wildman–Crippen LogP) is -0.310. The van der Waals surface area contributed by atoms with Gasteiger partial charge in [0.25, 0.3) is 6.29 Å². The van der Waals surface area contributed by atoms with Crippen molar-refractivity contribution in [3.8, 4) is 0 Å². The smallest absolute Gasteiger partial charge is 0.363 e. The highest BCUT2D eigenvalue weighted by Crippen LogP contribution is 2.24. The zero-order valence-electron chi connectivity index (χ0n) is 7.39. The summed E-state index contributed by atoms with van der Waals surface area (Å²) < 4.78 is 20.3. The molecule has 0 aliphatic carbocycles. The first-order valence-electron chi connectivity index (χ1n) is 4.28. The van der Waals surface area contributed by atoms with Crippen LogP contribution in [-0.2, 0) is 23.7 Å². The van der Waals surface area contributed by atoms with Crippen molar-refractivity contribution in [2.24, 2.45) is 0 Å². The summed E-state index contributed by atoms with van der Waals surface area (Å²) in [4.78, 5) is 11.0. The van der Waals surface area contributed by atoms with Gasteiger partial charge >= 0.3 is 5.97 Å². The molecule has 3 atom stereocenters. The zero-order chi connectivity index (χ0) is 9.26. The van der Waals surface area contributed by atoms with E-state index in [0.717, 1.165) is 6.42 Å². The van der Waals surface area contributed by atoms with Gasteiger partial charge in [-0.05, 0) is 6.42 Å². The van der Waals surface area contributed by atoms with E-state index in [0.29, 0.717) is 13.2 Å². The summed E-state index contributed by atoms with van der Waals surface area (Å²) >= 11 is 0. The number of rotatable bonds is 1. The Morgan fingerprint density at radius 1 is 1.38 bits per heavy atom. The maximum Gasteiger partial charge on any atom is 0.363 e. The van der Waals surface area contributed by atoms with Crippen LogP contribution in [0.1, 0.15) is 6.42 Å². The molecule has 2 saturated heterocycles. The molecule has 2 fully saturated rings. The number of hydrogen-bond acceptors (Lipinski definition) is 5. The fourth-order valence-electron chi connectivity index (χ4n) is 1.54. The summed E-state index contributed by atoms with van der Waals surface area (Å²) in [7, 11) is 1.31. The molecule has 0 amide bonds. The van der Waals surface area contributed by atoms with Gasteiger partial charge in [0.2, 0.25) is 0 Å². The summed E-state index contributed by atoms with van der Waals surface area (Å²) in [5, 5.41) is 0. The summed E-state index contributed by atoms with van der Waals surface area (Å²) in [6.07, 6.45) is -0.0756. The fraction of sp³-hybridized carbons (Fsp3) is 0.875. The highest BCUT2D eigenvalue weighted by Gasteiger charge is 2.39. The molecular weight excluding hydrogens is 176 g/mol. The maximum atomic E-state index is 11.0. The zero-order valence-corrected chi connectivity index (χ0v) is 7.39. The van der Waals surface area contributed by atoms with Crippen LogP contribution in [0.3, 0.4) is 0 Å². The van der Waals surface area contributed by atoms with Gasteiger partial charge < -0.3 is 18.9 Å². The predicted molar refractivity (Wildman–Crippen MR) is 41.0 cm³/mol. The van der Waals surface area contributed by atoms with Gasteiger partial charge in [-0.15, -0.1) is 0 Å². The number of methoxy groups -OCH3 is 1. The molecule has 13 heavy (non-hydrogen) atoms. The third kappa shape index (κ3) is 1.67. The lowest BCUT2D eigenvalue weighted by Crippen LogP contribution is -2.44. The van der Waals surface area contributed by atoms with Gasteiger partial charge in [0.05, 0.1) is 19.8 Å². The topological polar surface area (TPSA) is 54.0 Å². The number of hydrogen-bond donors (Lipinski definition) is 0. The SMILES string of the molecule is COC(=O)[C@H]1OC[C@H]2OCC[C@H]2O1. The molecule has 74 valence electrons. The minimum atomic E-state index is -0.868. The van der Waals surface area contributed by atoms with Crippen LogP contribution in [0, 0.1) is 0 Å². The molecule has 0 unspecified atom stereocenters. The van der Waals surface area contributed by atoms with Crippen LogP contribution in [0.25, 0.3) is 0 Å². The van der Waals surface area contributed by atoms with Crippen LogP contribution in [0.2, 0.25) is 0 Å². The summed E-state index contributed by atoms with van der Waals surface area (Å²) in [5.41, 5.74) is 0. The van der Waals surface area contributed by atoms with Gasteiger partial charge in [0.1, 0.15) is 6.10 Å². The molecule has 0 aromatic carbocycles. The molecule has 2 rings (SSSR count). The van der Waals surface area contributed by atoms with Crippen LogP contribution in [0.15, 0.2) is 0 Å². The Labute approximate surface area is 75.9 Å². The average molecular weight is 188 g/mol. The Morgan fingerprint density at radius 2 is 2.23 bits per heavy atom. The average Bonchev–Trinajstić information content (AvgIpc) is 2.63. The van der Waals surface area contributed by atoms with Crippen molar-refractivity contribution < 1.29 is 23.7 Å². The second-order valence-corrected chi connectivity index (χ2v) is 3.06. The first-order valence-corrected chi connectivity index (χ1v) is 4.28. The normalized spacial score (nSPS) is 38.4. The molecule has 0 aromatic heterocycles. The molecule has 0 bridgehead atoms. The molecule has 0 radical (unpaired) electrons. The lowest BCUT2D eigenvalue weighted by molar-refractivity contribution is -0.244. The van der Waals surface area contributed by atoms with Gasteiger partial charge in [-0.1, -0.05) is 0 Å². The van der Waals surface area contributed by atoms with Crippen molar-refractivity contribution in [1.29, 1.82) is 0 Å². The molecule has 2 heterocycles. The highest BCUT2D eigenvalue weighted by molar-refractivity contribution is 5.73. The van der Waals surface area contributed by atoms with E-state index in [4.69, 9.17) is 14.2 Å². The summed E-state index contributed by atoms with van der Waals surface area (Å²) in [5.74, 6) is -0.481. The van der Waals surface area contributed by atoms with Crippen molar-refractivity contribution in [2.45, 2.75) is 24.9 Å². The van der Waals surface area contributed by atoms with E-state index in [9.17, 15) is 4.79 Å². The monoisotopic (exact) mass is 188 g/mol. The Morgan fingerprint density at radius 3 is 3.00 bits per heavy atom. The van der Waals surface area contributed by atoms with E-state index in [1.807, 2.05) is 0 Å². The van der Waals surface area contributed by atoms with Crippen molar-refractivity contribution >= 4 is 5.97 Å². The van der Waals surface area contributed by atoms with Crippen LogP contribution in [-0.4, -0.2) is 44.8 Å². The van der Waals surface area contributed by atoms with Crippen molar-refractivity contribution in [2.75, 3.05) is 20.3 Å². The molecule has 0 aromatic rings. The van der Waals surface area contributed by atoms with Gasteiger partial charge in [-0.2, -0.15) is 0 Å². The van der Waals surface area contributed by atoms with E-state index in [2.05, 4.69) is 4.74 Å². The molecule has 2 aliphatic rings. The number of esters is 1. The quantitative estimate of drug-likeness (QED) is 0.528. The van der Waals surface area contributed by atoms with Crippen LogP contribution in [0.5, 0.6) is 0 Å². The molecule has 0 spiro atoms.